The van der Waals surface area contributed by atoms with E-state index >= 15 is 0 Å². The van der Waals surface area contributed by atoms with E-state index in [0.29, 0.717) is 15.3 Å². The Bertz CT molecular complexity index is 1230. The maximum Gasteiger partial charge on any atom is 0.236 e. The molecule has 1 amide bonds. The number of nitrogens with zero attached hydrogens (tertiary/aromatic N) is 1. The van der Waals surface area contributed by atoms with Crippen molar-refractivity contribution in [3.8, 4) is 11.3 Å². The van der Waals surface area contributed by atoms with Crippen molar-refractivity contribution in [3.63, 3.8) is 0 Å². The minimum atomic E-state index is -0.104. The third-order valence-corrected chi connectivity index (χ3v) is 6.63. The van der Waals surface area contributed by atoms with E-state index in [2.05, 4.69) is 20.9 Å². The van der Waals surface area contributed by atoms with Crippen molar-refractivity contribution >= 4 is 74.4 Å². The summed E-state index contributed by atoms with van der Waals surface area (Å²) in [4.78, 5) is 17.8. The fourth-order valence-corrected chi connectivity index (χ4v) is 4.63. The second kappa shape index (κ2) is 11.3. The number of carbonyl (C=O) groups excluding carboxylic acids is 1. The molecule has 1 heterocycles. The van der Waals surface area contributed by atoms with Gasteiger partial charge in [-0.2, -0.15) is 0 Å². The van der Waals surface area contributed by atoms with Crippen molar-refractivity contribution in [2.45, 2.75) is 4.90 Å². The van der Waals surface area contributed by atoms with Crippen LogP contribution >= 0.6 is 46.9 Å². The number of thioether (sulfide) groups is 1. The van der Waals surface area contributed by atoms with Gasteiger partial charge in [-0.15, -0.1) is 23.1 Å². The lowest BCUT2D eigenvalue weighted by atomic mass is 10.2. The van der Waals surface area contributed by atoms with E-state index in [4.69, 9.17) is 23.8 Å². The normalized spacial score (nSPS) is 10.5. The fourth-order valence-electron chi connectivity index (χ4n) is 2.84. The van der Waals surface area contributed by atoms with Crippen LogP contribution in [0, 0.1) is 0 Å². The molecule has 0 spiro atoms. The van der Waals surface area contributed by atoms with Crippen LogP contribution in [0.3, 0.4) is 0 Å². The molecule has 0 aliphatic heterocycles. The van der Waals surface area contributed by atoms with E-state index in [1.165, 1.54) is 23.1 Å². The van der Waals surface area contributed by atoms with Gasteiger partial charge in [0.25, 0.3) is 0 Å². The number of thiazole rings is 1. The van der Waals surface area contributed by atoms with Crippen LogP contribution in [0.2, 0.25) is 5.02 Å². The van der Waals surface area contributed by atoms with Crippen LogP contribution in [0.15, 0.2) is 89.1 Å². The molecule has 5 nitrogen and oxygen atoms in total. The van der Waals surface area contributed by atoms with Gasteiger partial charge in [-0.1, -0.05) is 41.9 Å². The molecule has 4 rings (SSSR count). The topological polar surface area (TPSA) is 66.1 Å². The summed E-state index contributed by atoms with van der Waals surface area (Å²) in [6, 6.07) is 24.9. The Hall–Kier alpha value is -2.91. The quantitative estimate of drug-likeness (QED) is 0.184. The highest BCUT2D eigenvalue weighted by Gasteiger charge is 2.09. The zero-order valence-electron chi connectivity index (χ0n) is 17.2. The fraction of sp³-hybridized carbons (Fsp3) is 0.0417. The highest BCUT2D eigenvalue weighted by molar-refractivity contribution is 8.00. The summed E-state index contributed by atoms with van der Waals surface area (Å²) in [5.74, 6) is 0.184. The first-order valence-corrected chi connectivity index (χ1v) is 12.6. The molecule has 0 atom stereocenters. The predicted octanol–water partition coefficient (Wildman–Crippen LogP) is 7.00. The lowest BCUT2D eigenvalue weighted by Gasteiger charge is -2.11. The predicted molar refractivity (Wildman–Crippen MR) is 145 cm³/mol. The molecule has 9 heteroatoms. The van der Waals surface area contributed by atoms with E-state index in [0.717, 1.165) is 27.5 Å². The number of carbonyl (C=O) groups is 1. The molecule has 3 N–H and O–H groups in total. The molecule has 0 fully saturated rings. The summed E-state index contributed by atoms with van der Waals surface area (Å²) in [6.07, 6.45) is 0. The van der Waals surface area contributed by atoms with E-state index in [9.17, 15) is 4.79 Å². The third kappa shape index (κ3) is 7.03. The number of anilines is 3. The average Bonchev–Trinajstić information content (AvgIpc) is 3.28. The first-order valence-electron chi connectivity index (χ1n) is 9.92. The molecule has 1 aromatic heterocycles. The third-order valence-electron chi connectivity index (χ3n) is 4.40. The van der Waals surface area contributed by atoms with Crippen molar-refractivity contribution in [1.82, 2.24) is 4.98 Å². The minimum Gasteiger partial charge on any atom is -0.332 e. The molecule has 0 saturated carbocycles. The van der Waals surface area contributed by atoms with Crippen LogP contribution < -0.4 is 16.0 Å². The van der Waals surface area contributed by atoms with Crippen LogP contribution in [0.1, 0.15) is 0 Å². The maximum absolute atomic E-state index is 12.3. The van der Waals surface area contributed by atoms with Gasteiger partial charge in [-0.25, -0.2) is 4.98 Å². The van der Waals surface area contributed by atoms with Gasteiger partial charge >= 0.3 is 0 Å². The Morgan fingerprint density at radius 3 is 2.27 bits per heavy atom. The molecule has 0 unspecified atom stereocenters. The van der Waals surface area contributed by atoms with Gasteiger partial charge in [0, 0.05) is 32.2 Å². The number of nitrogens with one attached hydrogen (secondary N) is 3. The molecule has 0 aliphatic carbocycles. The van der Waals surface area contributed by atoms with Gasteiger partial charge in [0.1, 0.15) is 0 Å². The Labute approximate surface area is 210 Å². The Morgan fingerprint density at radius 2 is 1.58 bits per heavy atom. The van der Waals surface area contributed by atoms with Crippen molar-refractivity contribution < 1.29 is 4.79 Å². The SMILES string of the molecule is O=C(CSc1ccc(NC(=S)Nc2ccccc2)cc1)Nc1nc(-c2ccc(Cl)cc2)cs1. The van der Waals surface area contributed by atoms with Gasteiger partial charge < -0.3 is 16.0 Å². The van der Waals surface area contributed by atoms with Gasteiger partial charge in [0.2, 0.25) is 5.91 Å². The van der Waals surface area contributed by atoms with Crippen molar-refractivity contribution in [1.29, 1.82) is 0 Å². The van der Waals surface area contributed by atoms with Crippen LogP contribution in [0.5, 0.6) is 0 Å². The second-order valence-electron chi connectivity index (χ2n) is 6.85. The molecular weight excluding hydrogens is 492 g/mol. The molecule has 33 heavy (non-hydrogen) atoms. The number of halogens is 1. The maximum atomic E-state index is 12.3. The number of hydrogen-bond donors (Lipinski definition) is 3. The van der Waals surface area contributed by atoms with E-state index in [1.54, 1.807) is 0 Å². The standard InChI is InChI=1S/C24H19ClN4OS3/c25-17-8-6-16(7-9-17)21-14-33-24(28-21)29-22(30)15-32-20-12-10-19(11-13-20)27-23(31)26-18-4-2-1-3-5-18/h1-14H,15H2,(H2,26,27,31)(H,28,29,30). The summed E-state index contributed by atoms with van der Waals surface area (Å²) in [7, 11) is 0. The molecule has 0 saturated heterocycles. The number of hydrogen-bond acceptors (Lipinski definition) is 5. The summed E-state index contributed by atoms with van der Waals surface area (Å²) in [5.41, 5.74) is 3.56. The Morgan fingerprint density at radius 1 is 0.909 bits per heavy atom. The Kier molecular flexibility index (Phi) is 7.96. The monoisotopic (exact) mass is 510 g/mol. The van der Waals surface area contributed by atoms with E-state index < -0.39 is 0 Å². The molecule has 4 aromatic rings. The van der Waals surface area contributed by atoms with Crippen LogP contribution in [-0.4, -0.2) is 21.8 Å². The van der Waals surface area contributed by atoms with Gasteiger partial charge in [0.05, 0.1) is 11.4 Å². The molecule has 0 bridgehead atoms. The second-order valence-corrected chi connectivity index (χ2v) is 9.60. The summed E-state index contributed by atoms with van der Waals surface area (Å²) in [6.45, 7) is 0. The minimum absolute atomic E-state index is 0.104. The number of para-hydroxylation sites is 1. The highest BCUT2D eigenvalue weighted by atomic mass is 35.5. The van der Waals surface area contributed by atoms with Crippen LogP contribution in [-0.2, 0) is 4.79 Å². The molecule has 166 valence electrons. The largest absolute Gasteiger partial charge is 0.332 e. The lowest BCUT2D eigenvalue weighted by molar-refractivity contribution is -0.113. The average molecular weight is 511 g/mol. The van der Waals surface area contributed by atoms with Gasteiger partial charge in [0.15, 0.2) is 10.2 Å². The van der Waals surface area contributed by atoms with E-state index in [-0.39, 0.29) is 11.7 Å². The summed E-state index contributed by atoms with van der Waals surface area (Å²) >= 11 is 14.1. The van der Waals surface area contributed by atoms with E-state index in [1.807, 2.05) is 84.2 Å². The summed E-state index contributed by atoms with van der Waals surface area (Å²) < 4.78 is 0. The first kappa shape index (κ1) is 23.3. The van der Waals surface area contributed by atoms with Crippen molar-refractivity contribution in [2.24, 2.45) is 0 Å². The number of benzene rings is 3. The van der Waals surface area contributed by atoms with Gasteiger partial charge in [-0.05, 0) is 60.7 Å². The zero-order valence-corrected chi connectivity index (χ0v) is 20.5. The van der Waals surface area contributed by atoms with Crippen molar-refractivity contribution in [2.75, 3.05) is 21.7 Å². The molecule has 0 radical (unpaired) electrons. The lowest BCUT2D eigenvalue weighted by Crippen LogP contribution is -2.18. The highest BCUT2D eigenvalue weighted by Crippen LogP contribution is 2.26. The van der Waals surface area contributed by atoms with Gasteiger partial charge in [-0.3, -0.25) is 4.79 Å². The molecular formula is C24H19ClN4OS3. The number of rotatable bonds is 7. The van der Waals surface area contributed by atoms with Crippen LogP contribution in [0.4, 0.5) is 16.5 Å². The number of thiocarbonyl (C=S) groups is 1. The zero-order chi connectivity index (χ0) is 23.0. The van der Waals surface area contributed by atoms with Crippen LogP contribution in [0.25, 0.3) is 11.3 Å². The summed E-state index contributed by atoms with van der Waals surface area (Å²) in [5, 5.41) is 12.8. The number of aromatic nitrogens is 1. The Balaban J connectivity index is 1.24. The molecule has 0 aliphatic rings. The van der Waals surface area contributed by atoms with Crippen molar-refractivity contribution in [3.05, 3.63) is 89.3 Å². The molecule has 3 aromatic carbocycles. The number of amides is 1. The smallest absolute Gasteiger partial charge is 0.236 e. The first-order chi connectivity index (χ1) is 16.0.